The first-order valence-corrected chi connectivity index (χ1v) is 5.33. The Morgan fingerprint density at radius 3 is 2.25 bits per heavy atom. The molecule has 1 aliphatic rings. The van der Waals surface area contributed by atoms with Gasteiger partial charge in [-0.2, -0.15) is 0 Å². The van der Waals surface area contributed by atoms with Crippen molar-refractivity contribution in [1.82, 2.24) is 5.32 Å². The first kappa shape index (κ1) is 10.0. The minimum atomic E-state index is 0.304. The van der Waals surface area contributed by atoms with Crippen molar-refractivity contribution in [2.45, 2.75) is 58.4 Å². The van der Waals surface area contributed by atoms with Gasteiger partial charge in [0.1, 0.15) is 0 Å². The smallest absolute Gasteiger partial charge is 0.00965 e. The van der Waals surface area contributed by atoms with Crippen molar-refractivity contribution >= 4 is 0 Å². The molecule has 1 fully saturated rings. The summed E-state index contributed by atoms with van der Waals surface area (Å²) in [7, 11) is 0. The van der Waals surface area contributed by atoms with E-state index in [0.29, 0.717) is 5.54 Å². The Balaban J connectivity index is 2.02. The molecular formula is C11H23N. The van der Waals surface area contributed by atoms with Crippen molar-refractivity contribution in [2.75, 3.05) is 6.54 Å². The molecule has 0 aromatic heterocycles. The average molecular weight is 169 g/mol. The highest BCUT2D eigenvalue weighted by Crippen LogP contribution is 2.27. The highest BCUT2D eigenvalue weighted by atomic mass is 14.9. The van der Waals surface area contributed by atoms with Crippen LogP contribution >= 0.6 is 0 Å². The summed E-state index contributed by atoms with van der Waals surface area (Å²) in [6, 6.07) is 0. The zero-order chi connectivity index (χ0) is 9.03. The number of rotatable bonds is 3. The van der Waals surface area contributed by atoms with Crippen molar-refractivity contribution in [1.29, 1.82) is 0 Å². The lowest BCUT2D eigenvalue weighted by Crippen LogP contribution is -2.36. The molecule has 0 amide bonds. The van der Waals surface area contributed by atoms with E-state index in [1.165, 1.54) is 38.6 Å². The van der Waals surface area contributed by atoms with Crippen LogP contribution in [0.5, 0.6) is 0 Å². The van der Waals surface area contributed by atoms with Gasteiger partial charge in [-0.05, 0) is 39.7 Å². The van der Waals surface area contributed by atoms with Gasteiger partial charge in [0.25, 0.3) is 0 Å². The summed E-state index contributed by atoms with van der Waals surface area (Å²) in [6.45, 7) is 7.92. The molecule has 1 saturated carbocycles. The predicted molar refractivity (Wildman–Crippen MR) is 54.3 cm³/mol. The summed E-state index contributed by atoms with van der Waals surface area (Å²) in [4.78, 5) is 0. The van der Waals surface area contributed by atoms with Gasteiger partial charge in [0.05, 0.1) is 0 Å². The Kier molecular flexibility index (Phi) is 3.57. The van der Waals surface area contributed by atoms with E-state index < -0.39 is 0 Å². The predicted octanol–water partition coefficient (Wildman–Crippen LogP) is 2.95. The van der Waals surface area contributed by atoms with Crippen LogP contribution in [0, 0.1) is 5.92 Å². The zero-order valence-corrected chi connectivity index (χ0v) is 8.82. The van der Waals surface area contributed by atoms with E-state index in [2.05, 4.69) is 26.1 Å². The molecule has 0 saturated heterocycles. The molecule has 12 heavy (non-hydrogen) atoms. The first-order chi connectivity index (χ1) is 5.58. The summed E-state index contributed by atoms with van der Waals surface area (Å²) in [5.41, 5.74) is 0.304. The fourth-order valence-electron chi connectivity index (χ4n) is 1.95. The van der Waals surface area contributed by atoms with Crippen molar-refractivity contribution < 1.29 is 0 Å². The maximum absolute atomic E-state index is 3.55. The van der Waals surface area contributed by atoms with Gasteiger partial charge in [0, 0.05) is 5.54 Å². The minimum Gasteiger partial charge on any atom is -0.312 e. The third kappa shape index (κ3) is 4.10. The summed E-state index contributed by atoms with van der Waals surface area (Å²) in [5, 5.41) is 3.55. The minimum absolute atomic E-state index is 0.304. The second kappa shape index (κ2) is 4.27. The molecule has 0 radical (unpaired) electrons. The lowest BCUT2D eigenvalue weighted by atomic mass is 10.0. The largest absolute Gasteiger partial charge is 0.312 e. The Morgan fingerprint density at radius 2 is 1.75 bits per heavy atom. The molecule has 72 valence electrons. The molecule has 0 aromatic rings. The van der Waals surface area contributed by atoms with Crippen LogP contribution in [0.25, 0.3) is 0 Å². The Labute approximate surface area is 76.9 Å². The van der Waals surface area contributed by atoms with E-state index in [9.17, 15) is 0 Å². The summed E-state index contributed by atoms with van der Waals surface area (Å²) in [5.74, 6) is 1.03. The van der Waals surface area contributed by atoms with E-state index in [1.54, 1.807) is 0 Å². The normalized spacial score (nSPS) is 20.2. The molecule has 1 heteroatoms. The van der Waals surface area contributed by atoms with Crippen LogP contribution < -0.4 is 5.32 Å². The molecule has 0 aromatic carbocycles. The fourth-order valence-corrected chi connectivity index (χ4v) is 1.95. The van der Waals surface area contributed by atoms with Gasteiger partial charge in [-0.3, -0.25) is 0 Å². The van der Waals surface area contributed by atoms with Crippen LogP contribution in [0.15, 0.2) is 0 Å². The highest BCUT2D eigenvalue weighted by molar-refractivity contribution is 4.73. The van der Waals surface area contributed by atoms with Crippen LogP contribution in [0.3, 0.4) is 0 Å². The van der Waals surface area contributed by atoms with Crippen molar-refractivity contribution in [3.05, 3.63) is 0 Å². The maximum Gasteiger partial charge on any atom is 0.00965 e. The molecule has 0 spiro atoms. The van der Waals surface area contributed by atoms with Crippen molar-refractivity contribution in [2.24, 2.45) is 5.92 Å². The second-order valence-corrected chi connectivity index (χ2v) is 5.12. The molecule has 0 unspecified atom stereocenters. The molecule has 1 nitrogen and oxygen atoms in total. The number of nitrogens with one attached hydrogen (secondary N) is 1. The zero-order valence-electron chi connectivity index (χ0n) is 8.82. The van der Waals surface area contributed by atoms with Gasteiger partial charge in [0.2, 0.25) is 0 Å². The third-order valence-electron chi connectivity index (χ3n) is 2.68. The second-order valence-electron chi connectivity index (χ2n) is 5.12. The standard InChI is InChI=1S/C11H23N/c1-11(2,3)12-9-8-10-6-4-5-7-10/h10,12H,4-9H2,1-3H3. The van der Waals surface area contributed by atoms with E-state index in [1.807, 2.05) is 0 Å². The SMILES string of the molecule is CC(C)(C)NCCC1CCCC1. The number of hydrogen-bond acceptors (Lipinski definition) is 1. The molecule has 0 aliphatic heterocycles. The van der Waals surface area contributed by atoms with Gasteiger partial charge < -0.3 is 5.32 Å². The van der Waals surface area contributed by atoms with E-state index in [0.717, 1.165) is 5.92 Å². The third-order valence-corrected chi connectivity index (χ3v) is 2.68. The van der Waals surface area contributed by atoms with Crippen molar-refractivity contribution in [3.63, 3.8) is 0 Å². The average Bonchev–Trinajstić information content (AvgIpc) is 2.36. The Hall–Kier alpha value is -0.0400. The monoisotopic (exact) mass is 169 g/mol. The fraction of sp³-hybridized carbons (Fsp3) is 1.00. The molecule has 1 N–H and O–H groups in total. The first-order valence-electron chi connectivity index (χ1n) is 5.33. The van der Waals surface area contributed by atoms with E-state index in [4.69, 9.17) is 0 Å². The maximum atomic E-state index is 3.55. The summed E-state index contributed by atoms with van der Waals surface area (Å²) >= 11 is 0. The molecule has 1 aliphatic carbocycles. The quantitative estimate of drug-likeness (QED) is 0.685. The summed E-state index contributed by atoms with van der Waals surface area (Å²) < 4.78 is 0. The number of hydrogen-bond donors (Lipinski definition) is 1. The molecule has 0 bridgehead atoms. The van der Waals surface area contributed by atoms with Crippen LogP contribution in [0.1, 0.15) is 52.9 Å². The van der Waals surface area contributed by atoms with Gasteiger partial charge in [-0.25, -0.2) is 0 Å². The Bertz CT molecular complexity index is 117. The van der Waals surface area contributed by atoms with E-state index in [-0.39, 0.29) is 0 Å². The van der Waals surface area contributed by atoms with Crippen LogP contribution in [-0.4, -0.2) is 12.1 Å². The summed E-state index contributed by atoms with van der Waals surface area (Å²) in [6.07, 6.45) is 7.29. The van der Waals surface area contributed by atoms with Crippen LogP contribution in [-0.2, 0) is 0 Å². The molecule has 0 atom stereocenters. The lowest BCUT2D eigenvalue weighted by Gasteiger charge is -2.21. The van der Waals surface area contributed by atoms with Crippen molar-refractivity contribution in [3.8, 4) is 0 Å². The molecule has 1 rings (SSSR count). The lowest BCUT2D eigenvalue weighted by molar-refractivity contribution is 0.388. The molecule has 0 heterocycles. The molecular weight excluding hydrogens is 146 g/mol. The van der Waals surface area contributed by atoms with Crippen LogP contribution in [0.2, 0.25) is 0 Å². The highest BCUT2D eigenvalue weighted by Gasteiger charge is 2.15. The van der Waals surface area contributed by atoms with Gasteiger partial charge >= 0.3 is 0 Å². The topological polar surface area (TPSA) is 12.0 Å². The Morgan fingerprint density at radius 1 is 1.17 bits per heavy atom. The van der Waals surface area contributed by atoms with Gasteiger partial charge in [0.15, 0.2) is 0 Å². The van der Waals surface area contributed by atoms with Gasteiger partial charge in [-0.1, -0.05) is 25.7 Å². The van der Waals surface area contributed by atoms with Gasteiger partial charge in [-0.15, -0.1) is 0 Å². The van der Waals surface area contributed by atoms with Crippen LogP contribution in [0.4, 0.5) is 0 Å². The van der Waals surface area contributed by atoms with E-state index >= 15 is 0 Å².